The summed E-state index contributed by atoms with van der Waals surface area (Å²) in [6.07, 6.45) is 3.80. The number of carbonyl (C=O) groups is 1. The molecule has 0 aromatic carbocycles. The van der Waals surface area contributed by atoms with Gasteiger partial charge in [0.25, 0.3) is 11.5 Å². The number of rotatable bonds is 7. The molecular formula is C26H24F2N8O4. The zero-order valence-corrected chi connectivity index (χ0v) is 21.9. The first-order chi connectivity index (χ1) is 18.9. The van der Waals surface area contributed by atoms with E-state index in [1.54, 1.807) is 38.1 Å². The van der Waals surface area contributed by atoms with Crippen LogP contribution in [-0.2, 0) is 24.3 Å². The lowest BCUT2D eigenvalue weighted by Gasteiger charge is -2.15. The van der Waals surface area contributed by atoms with Crippen LogP contribution in [0.5, 0.6) is 0 Å². The third-order valence-electron chi connectivity index (χ3n) is 6.39. The maximum absolute atomic E-state index is 13.8. The molecule has 0 aliphatic carbocycles. The van der Waals surface area contributed by atoms with Crippen molar-refractivity contribution >= 4 is 22.9 Å². The summed E-state index contributed by atoms with van der Waals surface area (Å²) >= 11 is 0. The van der Waals surface area contributed by atoms with Crippen LogP contribution in [0.3, 0.4) is 0 Å². The molecule has 12 nitrogen and oxygen atoms in total. The molecular weight excluding hydrogens is 526 g/mol. The molecule has 14 heteroatoms. The smallest absolute Gasteiger partial charge is 0.332 e. The van der Waals surface area contributed by atoms with Gasteiger partial charge in [-0.25, -0.2) is 23.5 Å². The van der Waals surface area contributed by atoms with Crippen LogP contribution < -0.4 is 16.6 Å². The maximum Gasteiger partial charge on any atom is 0.332 e. The molecule has 1 amide bonds. The first-order valence-corrected chi connectivity index (χ1v) is 12.1. The number of aryl methyl sites for hydroxylation is 2. The zero-order chi connectivity index (χ0) is 28.8. The topological polar surface area (TPSA) is 143 Å². The summed E-state index contributed by atoms with van der Waals surface area (Å²) in [5.41, 5.74) is -0.261. The van der Waals surface area contributed by atoms with Crippen molar-refractivity contribution in [3.05, 3.63) is 86.9 Å². The van der Waals surface area contributed by atoms with Gasteiger partial charge in [-0.1, -0.05) is 11.2 Å². The van der Waals surface area contributed by atoms with E-state index < -0.39 is 29.1 Å². The lowest BCUT2D eigenvalue weighted by atomic mass is 10.1. The standard InChI is InChI=1S/C26H24F2N8O4/c1-14-8-18(33-40-14)12-35-24(38)21-22(34(4)25(35)39)30-13-36(21)15(2)23(37)32-20-7-5-6-19(31-20)16-9-17(11-29-10-16)26(3,27)28/h5-11,13,15H,12H2,1-4H3,(H,31,32,37)/t15-/m0/s1. The summed E-state index contributed by atoms with van der Waals surface area (Å²) in [6, 6.07) is 6.74. The molecule has 0 aliphatic rings. The van der Waals surface area contributed by atoms with Crippen LogP contribution in [0.25, 0.3) is 22.4 Å². The number of hydrogen-bond acceptors (Lipinski definition) is 8. The predicted molar refractivity (Wildman–Crippen MR) is 140 cm³/mol. The van der Waals surface area contributed by atoms with E-state index in [0.29, 0.717) is 22.7 Å². The van der Waals surface area contributed by atoms with Crippen molar-refractivity contribution in [2.75, 3.05) is 5.32 Å². The SMILES string of the molecule is Cc1cc(Cn2c(=O)c3c(ncn3[C@@H](C)C(=O)Nc3cccc(-c4cncc(C(C)(F)F)c4)n3)n(C)c2=O)no1. The number of aromatic nitrogens is 7. The first-order valence-electron chi connectivity index (χ1n) is 12.1. The quantitative estimate of drug-likeness (QED) is 0.326. The Morgan fingerprint density at radius 2 is 1.98 bits per heavy atom. The molecule has 0 bridgehead atoms. The number of halogens is 2. The highest BCUT2D eigenvalue weighted by Gasteiger charge is 2.26. The minimum atomic E-state index is -3.08. The maximum atomic E-state index is 13.8. The van der Waals surface area contributed by atoms with Crippen molar-refractivity contribution < 1.29 is 18.1 Å². The van der Waals surface area contributed by atoms with Crippen molar-refractivity contribution in [3.63, 3.8) is 0 Å². The van der Waals surface area contributed by atoms with Crippen molar-refractivity contribution in [2.24, 2.45) is 7.05 Å². The Kier molecular flexibility index (Phi) is 6.61. The number of carbonyl (C=O) groups excluding carboxylic acids is 1. The lowest BCUT2D eigenvalue weighted by Crippen LogP contribution is -2.40. The van der Waals surface area contributed by atoms with Crippen molar-refractivity contribution in [1.82, 2.24) is 33.8 Å². The molecule has 1 atom stereocenters. The van der Waals surface area contributed by atoms with Gasteiger partial charge in [-0.3, -0.25) is 23.7 Å². The third kappa shape index (κ3) is 4.90. The average Bonchev–Trinajstić information content (AvgIpc) is 3.55. The molecule has 5 heterocycles. The summed E-state index contributed by atoms with van der Waals surface area (Å²) in [4.78, 5) is 52.0. The van der Waals surface area contributed by atoms with Gasteiger partial charge in [0.05, 0.1) is 18.6 Å². The minimum Gasteiger partial charge on any atom is -0.361 e. The average molecular weight is 551 g/mol. The van der Waals surface area contributed by atoms with E-state index in [1.165, 1.54) is 34.8 Å². The van der Waals surface area contributed by atoms with Crippen LogP contribution in [0, 0.1) is 6.92 Å². The fourth-order valence-electron chi connectivity index (χ4n) is 4.22. The van der Waals surface area contributed by atoms with Gasteiger partial charge in [-0.2, -0.15) is 0 Å². The van der Waals surface area contributed by atoms with Gasteiger partial charge in [-0.15, -0.1) is 0 Å². The van der Waals surface area contributed by atoms with Crippen molar-refractivity contribution in [2.45, 2.75) is 39.3 Å². The molecule has 40 heavy (non-hydrogen) atoms. The lowest BCUT2D eigenvalue weighted by molar-refractivity contribution is -0.118. The van der Waals surface area contributed by atoms with Crippen LogP contribution in [0.15, 0.2) is 63.2 Å². The number of fused-ring (bicyclic) bond motifs is 1. The fourth-order valence-corrected chi connectivity index (χ4v) is 4.22. The Balaban J connectivity index is 1.45. The summed E-state index contributed by atoms with van der Waals surface area (Å²) in [5.74, 6) is -2.91. The highest BCUT2D eigenvalue weighted by Crippen LogP contribution is 2.29. The van der Waals surface area contributed by atoms with E-state index in [1.807, 2.05) is 0 Å². The number of nitrogens with one attached hydrogen (secondary N) is 1. The third-order valence-corrected chi connectivity index (χ3v) is 6.39. The molecule has 0 radical (unpaired) electrons. The summed E-state index contributed by atoms with van der Waals surface area (Å²) in [6.45, 7) is 3.91. The van der Waals surface area contributed by atoms with E-state index in [9.17, 15) is 23.2 Å². The molecule has 206 valence electrons. The number of amides is 1. The molecule has 0 fully saturated rings. The number of hydrogen-bond donors (Lipinski definition) is 1. The molecule has 0 unspecified atom stereocenters. The Morgan fingerprint density at radius 3 is 2.67 bits per heavy atom. The van der Waals surface area contributed by atoms with Crippen molar-refractivity contribution in [3.8, 4) is 11.3 Å². The molecule has 0 aliphatic heterocycles. The minimum absolute atomic E-state index is 0.0510. The second-order valence-electron chi connectivity index (χ2n) is 9.41. The molecule has 5 rings (SSSR count). The largest absolute Gasteiger partial charge is 0.361 e. The van der Waals surface area contributed by atoms with Gasteiger partial charge >= 0.3 is 5.69 Å². The summed E-state index contributed by atoms with van der Waals surface area (Å²) < 4.78 is 36.2. The predicted octanol–water partition coefficient (Wildman–Crippen LogP) is 3.01. The van der Waals surface area contributed by atoms with Crippen LogP contribution in [0.1, 0.15) is 36.9 Å². The number of anilines is 1. The first kappa shape index (κ1) is 26.6. The van der Waals surface area contributed by atoms with Crippen LogP contribution >= 0.6 is 0 Å². The Morgan fingerprint density at radius 1 is 1.20 bits per heavy atom. The van der Waals surface area contributed by atoms with Gasteiger partial charge in [0.15, 0.2) is 11.2 Å². The second kappa shape index (κ2) is 9.94. The molecule has 0 spiro atoms. The number of imidazole rings is 1. The van der Waals surface area contributed by atoms with E-state index in [0.717, 1.165) is 17.7 Å². The van der Waals surface area contributed by atoms with E-state index >= 15 is 0 Å². The van der Waals surface area contributed by atoms with Crippen LogP contribution in [0.4, 0.5) is 14.6 Å². The molecule has 5 aromatic rings. The van der Waals surface area contributed by atoms with Crippen molar-refractivity contribution in [1.29, 1.82) is 0 Å². The number of pyridine rings is 2. The van der Waals surface area contributed by atoms with E-state index in [-0.39, 0.29) is 29.1 Å². The van der Waals surface area contributed by atoms with E-state index in [2.05, 4.69) is 25.4 Å². The zero-order valence-electron chi connectivity index (χ0n) is 21.9. The highest BCUT2D eigenvalue weighted by atomic mass is 19.3. The van der Waals surface area contributed by atoms with E-state index in [4.69, 9.17) is 4.52 Å². The van der Waals surface area contributed by atoms with Gasteiger partial charge in [0.1, 0.15) is 23.3 Å². The monoisotopic (exact) mass is 550 g/mol. The second-order valence-corrected chi connectivity index (χ2v) is 9.41. The summed E-state index contributed by atoms with van der Waals surface area (Å²) in [5, 5.41) is 6.54. The molecule has 1 N–H and O–H groups in total. The number of alkyl halides is 2. The Labute approximate surface area is 224 Å². The van der Waals surface area contributed by atoms with Gasteiger partial charge in [-0.05, 0) is 32.0 Å². The normalized spacial score (nSPS) is 12.6. The Hall–Kier alpha value is -5.01. The summed E-state index contributed by atoms with van der Waals surface area (Å²) in [7, 11) is 1.48. The van der Waals surface area contributed by atoms with Crippen LogP contribution in [0.2, 0.25) is 0 Å². The van der Waals surface area contributed by atoms with Crippen LogP contribution in [-0.4, -0.2) is 39.7 Å². The number of nitrogens with zero attached hydrogens (tertiary/aromatic N) is 7. The molecule has 0 saturated carbocycles. The fraction of sp³-hybridized carbons (Fsp3) is 0.269. The van der Waals surface area contributed by atoms with Gasteiger partial charge in [0, 0.05) is 43.6 Å². The highest BCUT2D eigenvalue weighted by molar-refractivity contribution is 5.93. The van der Waals surface area contributed by atoms with Gasteiger partial charge < -0.3 is 14.4 Å². The molecule has 0 saturated heterocycles. The molecule has 5 aromatic heterocycles. The van der Waals surface area contributed by atoms with Gasteiger partial charge in [0.2, 0.25) is 5.91 Å². The Bertz CT molecular complexity index is 1870.